The largest absolute Gasteiger partial charge is 0.478 e. The van der Waals surface area contributed by atoms with E-state index in [9.17, 15) is 4.79 Å². The van der Waals surface area contributed by atoms with Crippen LogP contribution in [0.4, 0.5) is 0 Å². The van der Waals surface area contributed by atoms with Gasteiger partial charge in [-0.15, -0.1) is 0 Å². The Balaban J connectivity index is 4.03. The highest BCUT2D eigenvalue weighted by Gasteiger charge is 1.97. The number of hydrogen-bond donors (Lipinski definition) is 1. The van der Waals surface area contributed by atoms with Crippen LogP contribution in [-0.2, 0) is 4.79 Å². The summed E-state index contributed by atoms with van der Waals surface area (Å²) in [4.78, 5) is 10.5. The Morgan fingerprint density at radius 1 is 1.21 bits per heavy atom. The summed E-state index contributed by atoms with van der Waals surface area (Å²) in [6.07, 6.45) is 10.4. The molecular formula is C12H20O2. The first-order valence-corrected chi connectivity index (χ1v) is 5.28. The molecule has 0 aliphatic carbocycles. The highest BCUT2D eigenvalue weighted by atomic mass is 16.4. The SMILES string of the molecule is CCCC=CCC(=CC(=O)O)CCC. The lowest BCUT2D eigenvalue weighted by atomic mass is 10.1. The van der Waals surface area contributed by atoms with E-state index in [4.69, 9.17) is 5.11 Å². The molecule has 0 atom stereocenters. The first-order chi connectivity index (χ1) is 6.70. The summed E-state index contributed by atoms with van der Waals surface area (Å²) in [5, 5.41) is 8.61. The summed E-state index contributed by atoms with van der Waals surface area (Å²) < 4.78 is 0. The van der Waals surface area contributed by atoms with Crippen LogP contribution >= 0.6 is 0 Å². The van der Waals surface area contributed by atoms with E-state index in [2.05, 4.69) is 26.0 Å². The Labute approximate surface area is 86.3 Å². The molecule has 0 saturated heterocycles. The number of unbranched alkanes of at least 4 members (excludes halogenated alkanes) is 1. The maximum Gasteiger partial charge on any atom is 0.328 e. The monoisotopic (exact) mass is 196 g/mol. The second-order valence-electron chi connectivity index (χ2n) is 3.36. The van der Waals surface area contributed by atoms with Crippen molar-refractivity contribution in [3.63, 3.8) is 0 Å². The van der Waals surface area contributed by atoms with Gasteiger partial charge in [-0.25, -0.2) is 4.79 Å². The minimum atomic E-state index is -0.836. The number of allylic oxidation sites excluding steroid dienone is 3. The van der Waals surface area contributed by atoms with Gasteiger partial charge < -0.3 is 5.11 Å². The molecule has 0 spiro atoms. The third-order valence-corrected chi connectivity index (χ3v) is 1.90. The van der Waals surface area contributed by atoms with Crippen molar-refractivity contribution in [2.75, 3.05) is 0 Å². The molecular weight excluding hydrogens is 176 g/mol. The standard InChI is InChI=1S/C12H20O2/c1-3-5-6-7-9-11(8-4-2)10-12(13)14/h6-7,10H,3-5,8-9H2,1-2H3,(H,13,14). The van der Waals surface area contributed by atoms with E-state index in [1.54, 1.807) is 0 Å². The van der Waals surface area contributed by atoms with Crippen LogP contribution in [0.5, 0.6) is 0 Å². The van der Waals surface area contributed by atoms with Gasteiger partial charge in [0.1, 0.15) is 0 Å². The summed E-state index contributed by atoms with van der Waals surface area (Å²) in [6, 6.07) is 0. The first-order valence-electron chi connectivity index (χ1n) is 5.28. The first kappa shape index (κ1) is 12.9. The van der Waals surface area contributed by atoms with Gasteiger partial charge in [0, 0.05) is 6.08 Å². The van der Waals surface area contributed by atoms with Crippen LogP contribution < -0.4 is 0 Å². The van der Waals surface area contributed by atoms with Crippen molar-refractivity contribution in [1.29, 1.82) is 0 Å². The van der Waals surface area contributed by atoms with Crippen molar-refractivity contribution >= 4 is 5.97 Å². The van der Waals surface area contributed by atoms with Crippen molar-refractivity contribution in [1.82, 2.24) is 0 Å². The minimum Gasteiger partial charge on any atom is -0.478 e. The summed E-state index contributed by atoms with van der Waals surface area (Å²) in [6.45, 7) is 4.19. The Bertz CT molecular complexity index is 214. The lowest BCUT2D eigenvalue weighted by Gasteiger charge is -2.00. The average Bonchev–Trinajstić information content (AvgIpc) is 2.12. The van der Waals surface area contributed by atoms with Gasteiger partial charge in [-0.05, 0) is 19.3 Å². The van der Waals surface area contributed by atoms with E-state index in [0.29, 0.717) is 0 Å². The topological polar surface area (TPSA) is 37.3 Å². The molecule has 0 fully saturated rings. The third kappa shape index (κ3) is 7.59. The molecule has 0 heterocycles. The summed E-state index contributed by atoms with van der Waals surface area (Å²) in [5.74, 6) is -0.836. The van der Waals surface area contributed by atoms with Crippen molar-refractivity contribution in [2.24, 2.45) is 0 Å². The van der Waals surface area contributed by atoms with Crippen molar-refractivity contribution in [3.05, 3.63) is 23.8 Å². The Kier molecular flexibility index (Phi) is 7.90. The molecule has 0 saturated carbocycles. The van der Waals surface area contributed by atoms with Gasteiger partial charge in [0.2, 0.25) is 0 Å². The smallest absolute Gasteiger partial charge is 0.328 e. The molecule has 0 rings (SSSR count). The molecule has 14 heavy (non-hydrogen) atoms. The summed E-state index contributed by atoms with van der Waals surface area (Å²) in [7, 11) is 0. The normalized spacial score (nSPS) is 12.3. The van der Waals surface area contributed by atoms with Gasteiger partial charge in [0.05, 0.1) is 0 Å². The van der Waals surface area contributed by atoms with Gasteiger partial charge >= 0.3 is 5.97 Å². The zero-order chi connectivity index (χ0) is 10.8. The highest BCUT2D eigenvalue weighted by molar-refractivity contribution is 5.80. The molecule has 0 aromatic rings. The number of rotatable bonds is 7. The number of carboxylic acid groups (broad SMARTS) is 1. The summed E-state index contributed by atoms with van der Waals surface area (Å²) >= 11 is 0. The molecule has 1 N–H and O–H groups in total. The molecule has 80 valence electrons. The van der Waals surface area contributed by atoms with Crippen molar-refractivity contribution < 1.29 is 9.90 Å². The maximum atomic E-state index is 10.5. The lowest BCUT2D eigenvalue weighted by molar-refractivity contribution is -0.131. The number of aliphatic carboxylic acids is 1. The van der Waals surface area contributed by atoms with Gasteiger partial charge in [0.15, 0.2) is 0 Å². The highest BCUT2D eigenvalue weighted by Crippen LogP contribution is 2.10. The molecule has 0 aromatic heterocycles. The molecule has 0 aliphatic rings. The third-order valence-electron chi connectivity index (χ3n) is 1.90. The molecule has 0 aromatic carbocycles. The fourth-order valence-corrected chi connectivity index (χ4v) is 1.25. The molecule has 0 unspecified atom stereocenters. The molecule has 2 nitrogen and oxygen atoms in total. The minimum absolute atomic E-state index is 0.778. The van der Waals surface area contributed by atoms with Crippen LogP contribution in [0.3, 0.4) is 0 Å². The van der Waals surface area contributed by atoms with Crippen LogP contribution in [0.15, 0.2) is 23.8 Å². The molecule has 0 bridgehead atoms. The maximum absolute atomic E-state index is 10.5. The quantitative estimate of drug-likeness (QED) is 0.499. The number of hydrogen-bond acceptors (Lipinski definition) is 1. The van der Waals surface area contributed by atoms with Crippen LogP contribution in [-0.4, -0.2) is 11.1 Å². The van der Waals surface area contributed by atoms with E-state index in [1.807, 2.05) is 0 Å². The zero-order valence-corrected chi connectivity index (χ0v) is 9.12. The van der Waals surface area contributed by atoms with Gasteiger partial charge in [0.25, 0.3) is 0 Å². The molecule has 2 heteroatoms. The molecule has 0 amide bonds. The van der Waals surface area contributed by atoms with Crippen LogP contribution in [0, 0.1) is 0 Å². The number of carboxylic acids is 1. The predicted molar refractivity (Wildman–Crippen MR) is 59.3 cm³/mol. The van der Waals surface area contributed by atoms with Crippen LogP contribution in [0.25, 0.3) is 0 Å². The second kappa shape index (κ2) is 8.54. The lowest BCUT2D eigenvalue weighted by Crippen LogP contribution is -1.92. The van der Waals surface area contributed by atoms with Gasteiger partial charge in [-0.1, -0.05) is 44.4 Å². The van der Waals surface area contributed by atoms with Crippen molar-refractivity contribution in [3.8, 4) is 0 Å². The average molecular weight is 196 g/mol. The van der Waals surface area contributed by atoms with Crippen molar-refractivity contribution in [2.45, 2.75) is 46.0 Å². The van der Waals surface area contributed by atoms with E-state index in [0.717, 1.165) is 37.7 Å². The Morgan fingerprint density at radius 3 is 2.43 bits per heavy atom. The summed E-state index contributed by atoms with van der Waals surface area (Å²) in [5.41, 5.74) is 1.01. The van der Waals surface area contributed by atoms with E-state index >= 15 is 0 Å². The zero-order valence-electron chi connectivity index (χ0n) is 9.12. The van der Waals surface area contributed by atoms with E-state index < -0.39 is 5.97 Å². The fraction of sp³-hybridized carbons (Fsp3) is 0.583. The van der Waals surface area contributed by atoms with Gasteiger partial charge in [-0.3, -0.25) is 0 Å². The Morgan fingerprint density at radius 2 is 1.93 bits per heavy atom. The van der Waals surface area contributed by atoms with Crippen LogP contribution in [0.1, 0.15) is 46.0 Å². The fourth-order valence-electron chi connectivity index (χ4n) is 1.25. The van der Waals surface area contributed by atoms with Crippen LogP contribution in [0.2, 0.25) is 0 Å². The molecule has 0 radical (unpaired) electrons. The Hall–Kier alpha value is -1.05. The van der Waals surface area contributed by atoms with E-state index in [1.165, 1.54) is 6.08 Å². The van der Waals surface area contributed by atoms with E-state index in [-0.39, 0.29) is 0 Å². The van der Waals surface area contributed by atoms with Gasteiger partial charge in [-0.2, -0.15) is 0 Å². The second-order valence-corrected chi connectivity index (χ2v) is 3.36. The molecule has 0 aliphatic heterocycles. The predicted octanol–water partition coefficient (Wildman–Crippen LogP) is 3.54. The number of carbonyl (C=O) groups is 1.